The standard InChI is InChI=1S/C24H29BrN6O5/c1-23(2,3)35-21(32)31(22(33)36-24(4,5)6)18-17(28-16(25)13-27-18)20-30-29-19(34-20)15-10-8-14(9-11-15)12-26-7/h8-11,13,26H,12H2,1-7H3. The number of hydrogen-bond donors (Lipinski definition) is 1. The van der Waals surface area contributed by atoms with Gasteiger partial charge in [-0.05, 0) is 82.2 Å². The summed E-state index contributed by atoms with van der Waals surface area (Å²) in [5.74, 6) is 0.00121. The third-order valence-corrected chi connectivity index (χ3v) is 4.68. The largest absolute Gasteiger partial charge is 0.443 e. The van der Waals surface area contributed by atoms with Gasteiger partial charge < -0.3 is 19.2 Å². The average Bonchev–Trinajstić information content (AvgIpc) is 3.23. The Balaban J connectivity index is 2.06. The van der Waals surface area contributed by atoms with Crippen molar-refractivity contribution in [3.05, 3.63) is 40.6 Å². The molecule has 0 saturated heterocycles. The number of nitrogens with one attached hydrogen (secondary N) is 1. The smallest absolute Gasteiger partial charge is 0.425 e. The van der Waals surface area contributed by atoms with Gasteiger partial charge >= 0.3 is 12.2 Å². The van der Waals surface area contributed by atoms with Crippen molar-refractivity contribution >= 4 is 33.9 Å². The Labute approximate surface area is 217 Å². The molecule has 0 radical (unpaired) electrons. The number of hydrogen-bond acceptors (Lipinski definition) is 10. The number of halogens is 1. The Morgan fingerprint density at radius 2 is 1.53 bits per heavy atom. The number of nitrogens with zero attached hydrogens (tertiary/aromatic N) is 5. The van der Waals surface area contributed by atoms with Crippen molar-refractivity contribution in [1.82, 2.24) is 25.5 Å². The lowest BCUT2D eigenvalue weighted by molar-refractivity contribution is 0.0429. The third-order valence-electron chi connectivity index (χ3n) is 4.30. The summed E-state index contributed by atoms with van der Waals surface area (Å²) in [5, 5.41) is 11.3. The van der Waals surface area contributed by atoms with Crippen LogP contribution in [0.2, 0.25) is 0 Å². The van der Waals surface area contributed by atoms with Crippen molar-refractivity contribution in [2.24, 2.45) is 0 Å². The summed E-state index contributed by atoms with van der Waals surface area (Å²) in [7, 11) is 1.87. The minimum atomic E-state index is -0.991. The fourth-order valence-electron chi connectivity index (χ4n) is 2.94. The molecule has 0 aliphatic carbocycles. The van der Waals surface area contributed by atoms with Crippen LogP contribution < -0.4 is 10.2 Å². The van der Waals surface area contributed by atoms with Crippen molar-refractivity contribution < 1.29 is 23.5 Å². The van der Waals surface area contributed by atoms with Gasteiger partial charge in [0.05, 0.1) is 6.20 Å². The number of imide groups is 1. The topological polar surface area (TPSA) is 133 Å². The highest BCUT2D eigenvalue weighted by atomic mass is 79.9. The summed E-state index contributed by atoms with van der Waals surface area (Å²) in [6, 6.07) is 7.58. The molecule has 0 aliphatic heterocycles. The first kappa shape index (κ1) is 27.2. The fraction of sp³-hybridized carbons (Fsp3) is 0.417. The Morgan fingerprint density at radius 3 is 2.06 bits per heavy atom. The Kier molecular flexibility index (Phi) is 8.09. The molecule has 3 aromatic rings. The number of carbonyl (C=O) groups is 2. The van der Waals surface area contributed by atoms with Crippen LogP contribution in [0.25, 0.3) is 23.0 Å². The van der Waals surface area contributed by atoms with Crippen LogP contribution in [0.15, 0.2) is 39.5 Å². The van der Waals surface area contributed by atoms with Gasteiger partial charge in [-0.2, -0.15) is 4.90 Å². The third kappa shape index (κ3) is 7.08. The highest BCUT2D eigenvalue weighted by Crippen LogP contribution is 2.32. The van der Waals surface area contributed by atoms with Crippen LogP contribution in [0.1, 0.15) is 47.1 Å². The van der Waals surface area contributed by atoms with E-state index >= 15 is 0 Å². The van der Waals surface area contributed by atoms with Crippen LogP contribution in [0.5, 0.6) is 0 Å². The maximum absolute atomic E-state index is 13.1. The molecule has 2 aromatic heterocycles. The number of rotatable bonds is 5. The van der Waals surface area contributed by atoms with Crippen LogP contribution in [-0.2, 0) is 16.0 Å². The highest BCUT2D eigenvalue weighted by molar-refractivity contribution is 9.10. The molecule has 3 rings (SSSR count). The molecule has 1 N–H and O–H groups in total. The maximum Gasteiger partial charge on any atom is 0.425 e. The molecule has 192 valence electrons. The van der Waals surface area contributed by atoms with Crippen LogP contribution >= 0.6 is 15.9 Å². The monoisotopic (exact) mass is 560 g/mol. The second-order valence-electron chi connectivity index (χ2n) is 9.80. The van der Waals surface area contributed by atoms with E-state index in [4.69, 9.17) is 13.9 Å². The molecular formula is C24H29BrN6O5. The molecule has 0 fully saturated rings. The van der Waals surface area contributed by atoms with Gasteiger partial charge in [-0.1, -0.05) is 12.1 Å². The lowest BCUT2D eigenvalue weighted by Crippen LogP contribution is -2.44. The second-order valence-corrected chi connectivity index (χ2v) is 10.6. The molecule has 0 saturated carbocycles. The number of amides is 2. The molecule has 2 amide bonds. The van der Waals surface area contributed by atoms with Gasteiger partial charge in [-0.25, -0.2) is 19.6 Å². The van der Waals surface area contributed by atoms with E-state index in [1.54, 1.807) is 41.5 Å². The predicted octanol–water partition coefficient (Wildman–Crippen LogP) is 5.35. The molecule has 0 spiro atoms. The molecule has 1 aromatic carbocycles. The van der Waals surface area contributed by atoms with E-state index < -0.39 is 23.4 Å². The van der Waals surface area contributed by atoms with E-state index in [9.17, 15) is 9.59 Å². The van der Waals surface area contributed by atoms with E-state index in [1.807, 2.05) is 31.3 Å². The number of benzene rings is 1. The SMILES string of the molecule is CNCc1ccc(-c2nnc(-c3nc(Br)cnc3N(C(=O)OC(C)(C)C)C(=O)OC(C)(C)C)o2)cc1. The van der Waals surface area contributed by atoms with Crippen LogP contribution in [0, 0.1) is 0 Å². The van der Waals surface area contributed by atoms with Crippen molar-refractivity contribution in [1.29, 1.82) is 0 Å². The maximum atomic E-state index is 13.1. The van der Waals surface area contributed by atoms with E-state index in [1.165, 1.54) is 6.20 Å². The first-order valence-electron chi connectivity index (χ1n) is 11.1. The molecule has 0 atom stereocenters. The van der Waals surface area contributed by atoms with E-state index in [2.05, 4.69) is 41.4 Å². The summed E-state index contributed by atoms with van der Waals surface area (Å²) >= 11 is 3.27. The molecule has 0 aliphatic rings. The lowest BCUT2D eigenvalue weighted by Gasteiger charge is -2.28. The average molecular weight is 561 g/mol. The molecule has 11 nitrogen and oxygen atoms in total. The minimum Gasteiger partial charge on any atom is -0.443 e. The normalized spacial score (nSPS) is 11.8. The van der Waals surface area contributed by atoms with Crippen LogP contribution in [-0.4, -0.2) is 50.6 Å². The van der Waals surface area contributed by atoms with Crippen molar-refractivity contribution in [2.45, 2.75) is 59.3 Å². The number of ether oxygens (including phenoxy) is 2. The van der Waals surface area contributed by atoms with Gasteiger partial charge in [0.15, 0.2) is 11.5 Å². The number of anilines is 1. The molecular weight excluding hydrogens is 532 g/mol. The Hall–Kier alpha value is -3.38. The quantitative estimate of drug-likeness (QED) is 0.435. The van der Waals surface area contributed by atoms with Gasteiger partial charge in [0.25, 0.3) is 5.89 Å². The number of carbonyl (C=O) groups excluding carboxylic acids is 2. The minimum absolute atomic E-state index is 0.00773. The summed E-state index contributed by atoms with van der Waals surface area (Å²) in [4.78, 5) is 35.5. The molecule has 0 bridgehead atoms. The number of aromatic nitrogens is 4. The van der Waals surface area contributed by atoms with Gasteiger partial charge in [-0.3, -0.25) is 0 Å². The zero-order valence-corrected chi connectivity index (χ0v) is 22.8. The zero-order valence-electron chi connectivity index (χ0n) is 21.2. The van der Waals surface area contributed by atoms with Gasteiger partial charge in [0.2, 0.25) is 5.89 Å². The summed E-state index contributed by atoms with van der Waals surface area (Å²) in [6.07, 6.45) is -0.651. The van der Waals surface area contributed by atoms with Crippen molar-refractivity contribution in [2.75, 3.05) is 11.9 Å². The van der Waals surface area contributed by atoms with Gasteiger partial charge in [0, 0.05) is 12.1 Å². The van der Waals surface area contributed by atoms with E-state index in [0.717, 1.165) is 12.1 Å². The van der Waals surface area contributed by atoms with Crippen molar-refractivity contribution in [3.63, 3.8) is 0 Å². The highest BCUT2D eigenvalue weighted by Gasteiger charge is 2.37. The zero-order chi connectivity index (χ0) is 26.7. The second kappa shape index (κ2) is 10.7. The fourth-order valence-corrected chi connectivity index (χ4v) is 3.22. The first-order valence-corrected chi connectivity index (χ1v) is 11.9. The van der Waals surface area contributed by atoms with Crippen molar-refractivity contribution in [3.8, 4) is 23.0 Å². The van der Waals surface area contributed by atoms with Gasteiger partial charge in [-0.15, -0.1) is 10.2 Å². The van der Waals surface area contributed by atoms with E-state index in [0.29, 0.717) is 15.1 Å². The molecule has 0 unspecified atom stereocenters. The van der Waals surface area contributed by atoms with E-state index in [-0.39, 0.29) is 23.3 Å². The summed E-state index contributed by atoms with van der Waals surface area (Å²) in [6.45, 7) is 10.8. The Bertz CT molecular complexity index is 1200. The molecule has 12 heteroatoms. The predicted molar refractivity (Wildman–Crippen MR) is 136 cm³/mol. The van der Waals surface area contributed by atoms with Crippen LogP contribution in [0.3, 0.4) is 0 Å². The van der Waals surface area contributed by atoms with Gasteiger partial charge in [0.1, 0.15) is 15.8 Å². The summed E-state index contributed by atoms with van der Waals surface area (Å²) in [5.41, 5.74) is -0.0122. The Morgan fingerprint density at radius 1 is 0.972 bits per heavy atom. The summed E-state index contributed by atoms with van der Waals surface area (Å²) < 4.78 is 17.1. The molecule has 2 heterocycles. The molecule has 36 heavy (non-hydrogen) atoms. The first-order chi connectivity index (χ1) is 16.8. The lowest BCUT2D eigenvalue weighted by atomic mass is 10.1. The van der Waals surface area contributed by atoms with Crippen LogP contribution in [0.4, 0.5) is 15.4 Å².